The Labute approximate surface area is 161 Å². The summed E-state index contributed by atoms with van der Waals surface area (Å²) in [5.74, 6) is -0.305. The largest absolute Gasteiger partial charge is 0.337 e. The number of hydrogen-bond acceptors (Lipinski definition) is 4. The van der Waals surface area contributed by atoms with Crippen LogP contribution in [-0.4, -0.2) is 46.0 Å². The Morgan fingerprint density at radius 1 is 0.964 bits per heavy atom. The predicted molar refractivity (Wildman–Crippen MR) is 104 cm³/mol. The number of piperidine rings is 1. The molecule has 0 saturated carbocycles. The fourth-order valence-corrected chi connectivity index (χ4v) is 4.39. The Hall–Kier alpha value is -3.16. The summed E-state index contributed by atoms with van der Waals surface area (Å²) in [5.41, 5.74) is 0.337. The highest BCUT2D eigenvalue weighted by atomic mass is 16.2. The minimum atomic E-state index is -0.610. The van der Waals surface area contributed by atoms with Gasteiger partial charge in [-0.1, -0.05) is 18.2 Å². The molecule has 0 bridgehead atoms. The molecule has 2 aliphatic heterocycles. The molecular weight excluding hydrogens is 360 g/mol. The maximum absolute atomic E-state index is 13.0. The van der Waals surface area contributed by atoms with E-state index in [1.165, 1.54) is 24.7 Å². The third-order valence-corrected chi connectivity index (χ3v) is 6.14. The first-order valence-corrected chi connectivity index (χ1v) is 9.22. The zero-order valence-electron chi connectivity index (χ0n) is 16.1. The van der Waals surface area contributed by atoms with Gasteiger partial charge in [0.2, 0.25) is 5.91 Å². The maximum Gasteiger partial charge on any atom is 0.331 e. The van der Waals surface area contributed by atoms with Crippen LogP contribution < -0.4 is 16.1 Å². The van der Waals surface area contributed by atoms with Gasteiger partial charge in [0.05, 0.1) is 5.41 Å². The second-order valence-corrected chi connectivity index (χ2v) is 7.52. The lowest BCUT2D eigenvalue weighted by Crippen LogP contribution is -2.50. The summed E-state index contributed by atoms with van der Waals surface area (Å²) in [6, 6.07) is 8.96. The number of aromatic nitrogens is 2. The van der Waals surface area contributed by atoms with Gasteiger partial charge in [-0.25, -0.2) is 4.79 Å². The van der Waals surface area contributed by atoms with E-state index in [-0.39, 0.29) is 17.5 Å². The Bertz CT molecular complexity index is 1110. The fraction of sp³-hybridized carbons (Fsp3) is 0.400. The van der Waals surface area contributed by atoms with Crippen molar-refractivity contribution in [1.82, 2.24) is 14.0 Å². The molecule has 2 aromatic rings. The van der Waals surface area contributed by atoms with E-state index in [1.807, 2.05) is 24.3 Å². The second kappa shape index (κ2) is 6.19. The molecule has 1 aromatic carbocycles. The quantitative estimate of drug-likeness (QED) is 0.707. The maximum atomic E-state index is 13.0. The lowest BCUT2D eigenvalue weighted by Gasteiger charge is -2.38. The number of fused-ring (bicyclic) bond motifs is 2. The topological polar surface area (TPSA) is 84.6 Å². The SMILES string of the molecule is CN1C(=O)C2(CCN(C(=O)c3cc(=O)n(C)c(=O)n3C)CC2)c2ccccc21. The van der Waals surface area contributed by atoms with E-state index in [9.17, 15) is 19.2 Å². The van der Waals surface area contributed by atoms with Crippen molar-refractivity contribution in [3.63, 3.8) is 0 Å². The Morgan fingerprint density at radius 3 is 2.29 bits per heavy atom. The molecule has 8 nitrogen and oxygen atoms in total. The van der Waals surface area contributed by atoms with Crippen molar-refractivity contribution in [2.45, 2.75) is 18.3 Å². The summed E-state index contributed by atoms with van der Waals surface area (Å²) >= 11 is 0. The van der Waals surface area contributed by atoms with E-state index < -0.39 is 16.7 Å². The molecule has 0 aliphatic carbocycles. The van der Waals surface area contributed by atoms with Gasteiger partial charge in [-0.2, -0.15) is 0 Å². The van der Waals surface area contributed by atoms with Crippen LogP contribution in [0.25, 0.3) is 0 Å². The molecule has 0 N–H and O–H groups in total. The van der Waals surface area contributed by atoms with Crippen LogP contribution in [-0.2, 0) is 24.3 Å². The van der Waals surface area contributed by atoms with Gasteiger partial charge in [-0.3, -0.25) is 23.5 Å². The van der Waals surface area contributed by atoms with Crippen molar-refractivity contribution >= 4 is 17.5 Å². The van der Waals surface area contributed by atoms with E-state index in [2.05, 4.69) is 0 Å². The zero-order chi connectivity index (χ0) is 20.2. The highest BCUT2D eigenvalue weighted by molar-refractivity contribution is 6.08. The number of rotatable bonds is 1. The van der Waals surface area contributed by atoms with Crippen LogP contribution in [0, 0.1) is 0 Å². The Balaban J connectivity index is 1.62. The molecule has 0 unspecified atom stereocenters. The number of benzene rings is 1. The van der Waals surface area contributed by atoms with Crippen molar-refractivity contribution in [2.75, 3.05) is 25.0 Å². The highest BCUT2D eigenvalue weighted by Gasteiger charge is 2.51. The third kappa shape index (κ3) is 2.37. The lowest BCUT2D eigenvalue weighted by molar-refractivity contribution is -0.124. The fourth-order valence-electron chi connectivity index (χ4n) is 4.39. The molecule has 8 heteroatoms. The molecule has 2 aliphatic rings. The molecule has 1 fully saturated rings. The van der Waals surface area contributed by atoms with Crippen LogP contribution in [0.4, 0.5) is 5.69 Å². The smallest absolute Gasteiger partial charge is 0.331 e. The summed E-state index contributed by atoms with van der Waals surface area (Å²) in [6.07, 6.45) is 1.02. The van der Waals surface area contributed by atoms with Crippen LogP contribution >= 0.6 is 0 Å². The van der Waals surface area contributed by atoms with E-state index in [1.54, 1.807) is 16.8 Å². The molecule has 0 atom stereocenters. The van der Waals surface area contributed by atoms with E-state index >= 15 is 0 Å². The van der Waals surface area contributed by atoms with E-state index in [4.69, 9.17) is 0 Å². The number of anilines is 1. The van der Waals surface area contributed by atoms with Crippen molar-refractivity contribution in [1.29, 1.82) is 0 Å². The van der Waals surface area contributed by atoms with Gasteiger partial charge in [-0.05, 0) is 24.5 Å². The van der Waals surface area contributed by atoms with Gasteiger partial charge in [0, 0.05) is 46.0 Å². The molecule has 4 rings (SSSR count). The van der Waals surface area contributed by atoms with Gasteiger partial charge in [0.25, 0.3) is 11.5 Å². The summed E-state index contributed by atoms with van der Waals surface area (Å²) in [7, 11) is 4.64. The van der Waals surface area contributed by atoms with Gasteiger partial charge >= 0.3 is 5.69 Å². The van der Waals surface area contributed by atoms with Crippen molar-refractivity contribution in [2.24, 2.45) is 14.1 Å². The van der Waals surface area contributed by atoms with Gasteiger partial charge in [-0.15, -0.1) is 0 Å². The Morgan fingerprint density at radius 2 is 1.61 bits per heavy atom. The van der Waals surface area contributed by atoms with E-state index in [0.29, 0.717) is 25.9 Å². The molecule has 1 spiro atoms. The first kappa shape index (κ1) is 18.2. The van der Waals surface area contributed by atoms with Gasteiger partial charge < -0.3 is 9.80 Å². The van der Waals surface area contributed by atoms with E-state index in [0.717, 1.165) is 15.8 Å². The summed E-state index contributed by atoms with van der Waals surface area (Å²) in [5, 5.41) is 0. The van der Waals surface area contributed by atoms with Crippen LogP contribution in [0.5, 0.6) is 0 Å². The standard InChI is InChI=1S/C20H22N4O4/c1-21-14-7-5-4-6-13(14)20(18(21)27)8-10-24(11-9-20)17(26)15-12-16(25)23(3)19(28)22(15)2/h4-7,12H,8-11H2,1-3H3. The van der Waals surface area contributed by atoms with Gasteiger partial charge in [0.1, 0.15) is 5.69 Å². The average molecular weight is 382 g/mol. The monoisotopic (exact) mass is 382 g/mol. The number of para-hydroxylation sites is 1. The summed E-state index contributed by atoms with van der Waals surface area (Å²) in [4.78, 5) is 53.3. The Kier molecular flexibility index (Phi) is 4.02. The number of nitrogens with zero attached hydrogens (tertiary/aromatic N) is 4. The van der Waals surface area contributed by atoms with Crippen LogP contribution in [0.2, 0.25) is 0 Å². The summed E-state index contributed by atoms with van der Waals surface area (Å²) < 4.78 is 2.16. The van der Waals surface area contributed by atoms with Crippen LogP contribution in [0.1, 0.15) is 28.9 Å². The zero-order valence-corrected chi connectivity index (χ0v) is 16.1. The first-order valence-electron chi connectivity index (χ1n) is 9.22. The molecule has 0 radical (unpaired) electrons. The normalized spacial score (nSPS) is 17.9. The minimum Gasteiger partial charge on any atom is -0.337 e. The molecule has 28 heavy (non-hydrogen) atoms. The number of amides is 2. The number of hydrogen-bond donors (Lipinski definition) is 0. The number of likely N-dealkylation sites (tertiary alicyclic amines) is 1. The van der Waals surface area contributed by atoms with Crippen molar-refractivity contribution < 1.29 is 9.59 Å². The first-order chi connectivity index (χ1) is 13.3. The average Bonchev–Trinajstić information content (AvgIpc) is 2.92. The highest BCUT2D eigenvalue weighted by Crippen LogP contribution is 2.47. The third-order valence-electron chi connectivity index (χ3n) is 6.14. The molecule has 1 saturated heterocycles. The molecular formula is C20H22N4O4. The number of carbonyl (C=O) groups excluding carboxylic acids is 2. The molecule has 146 valence electrons. The van der Waals surface area contributed by atoms with Gasteiger partial charge in [0.15, 0.2) is 0 Å². The molecule has 2 amide bonds. The van der Waals surface area contributed by atoms with Crippen molar-refractivity contribution in [3.05, 3.63) is 62.4 Å². The summed E-state index contributed by atoms with van der Waals surface area (Å²) in [6.45, 7) is 0.770. The predicted octanol–water partition coefficient (Wildman–Crippen LogP) is 0.234. The molecule has 3 heterocycles. The number of likely N-dealkylation sites (N-methyl/N-ethyl adjacent to an activating group) is 1. The lowest BCUT2D eigenvalue weighted by atomic mass is 9.73. The van der Waals surface area contributed by atoms with Crippen LogP contribution in [0.3, 0.4) is 0 Å². The minimum absolute atomic E-state index is 0.0572. The van der Waals surface area contributed by atoms with Crippen LogP contribution in [0.15, 0.2) is 39.9 Å². The second-order valence-electron chi connectivity index (χ2n) is 7.52. The molecule has 1 aromatic heterocycles. The number of carbonyl (C=O) groups is 2. The van der Waals surface area contributed by atoms with Crippen molar-refractivity contribution in [3.8, 4) is 0 Å².